The van der Waals surface area contributed by atoms with Gasteiger partial charge in [0.15, 0.2) is 0 Å². The van der Waals surface area contributed by atoms with Crippen LogP contribution in [-0.4, -0.2) is 35.8 Å². The van der Waals surface area contributed by atoms with Gasteiger partial charge < -0.3 is 9.64 Å². The van der Waals surface area contributed by atoms with E-state index in [1.807, 2.05) is 6.20 Å². The molecule has 5 heteroatoms. The molecule has 0 bridgehead atoms. The Bertz CT molecular complexity index is 568. The van der Waals surface area contributed by atoms with Gasteiger partial charge in [-0.05, 0) is 32.1 Å². The molecule has 0 aliphatic heterocycles. The molecule has 20 heavy (non-hydrogen) atoms. The Hall–Kier alpha value is -1.88. The summed E-state index contributed by atoms with van der Waals surface area (Å²) >= 11 is 0. The number of methoxy groups -OCH3 is 1. The minimum absolute atomic E-state index is 0.314. The Balaban J connectivity index is 2.32. The maximum absolute atomic E-state index is 13.3. The Morgan fingerprint density at radius 2 is 2.20 bits per heavy atom. The van der Waals surface area contributed by atoms with E-state index in [2.05, 4.69) is 29.1 Å². The van der Waals surface area contributed by atoms with Crippen LogP contribution in [0.4, 0.5) is 4.39 Å². The highest BCUT2D eigenvalue weighted by atomic mass is 19.1. The van der Waals surface area contributed by atoms with Gasteiger partial charge in [0.2, 0.25) is 0 Å². The second-order valence-electron chi connectivity index (χ2n) is 4.84. The Kier molecular flexibility index (Phi) is 4.74. The highest BCUT2D eigenvalue weighted by Gasteiger charge is 2.15. The van der Waals surface area contributed by atoms with Crippen molar-refractivity contribution in [3.63, 3.8) is 0 Å². The van der Waals surface area contributed by atoms with Crippen molar-refractivity contribution < 1.29 is 9.13 Å². The van der Waals surface area contributed by atoms with E-state index >= 15 is 0 Å². The monoisotopic (exact) mass is 277 g/mol. The Morgan fingerprint density at radius 3 is 2.90 bits per heavy atom. The molecule has 1 N–H and O–H groups in total. The van der Waals surface area contributed by atoms with Gasteiger partial charge in [-0.3, -0.25) is 5.10 Å². The number of nitrogens with one attached hydrogen (secondary N) is 1. The fourth-order valence-corrected chi connectivity index (χ4v) is 2.28. The maximum atomic E-state index is 13.3. The first-order valence-electron chi connectivity index (χ1n) is 6.70. The van der Waals surface area contributed by atoms with E-state index < -0.39 is 0 Å². The van der Waals surface area contributed by atoms with E-state index in [1.165, 1.54) is 19.2 Å². The Labute approximate surface area is 118 Å². The van der Waals surface area contributed by atoms with Crippen LogP contribution in [0.15, 0.2) is 24.4 Å². The van der Waals surface area contributed by atoms with Crippen molar-refractivity contribution >= 4 is 0 Å². The third kappa shape index (κ3) is 3.17. The average Bonchev–Trinajstić information content (AvgIpc) is 2.86. The minimum atomic E-state index is -0.314. The van der Waals surface area contributed by atoms with E-state index in [9.17, 15) is 4.39 Å². The summed E-state index contributed by atoms with van der Waals surface area (Å²) in [6.07, 6.45) is 2.98. The zero-order valence-electron chi connectivity index (χ0n) is 12.1. The zero-order chi connectivity index (χ0) is 14.5. The second-order valence-corrected chi connectivity index (χ2v) is 4.84. The molecule has 1 aromatic carbocycles. The lowest BCUT2D eigenvalue weighted by Gasteiger charge is -2.15. The summed E-state index contributed by atoms with van der Waals surface area (Å²) in [6, 6.07) is 4.50. The number of nitrogens with zero attached hydrogens (tertiary/aromatic N) is 2. The first-order valence-corrected chi connectivity index (χ1v) is 6.70. The number of rotatable bonds is 6. The number of ether oxygens (including phenoxy) is 1. The molecule has 0 amide bonds. The first kappa shape index (κ1) is 14.5. The largest absolute Gasteiger partial charge is 0.496 e. The molecule has 0 saturated heterocycles. The molecule has 0 atom stereocenters. The molecule has 2 aromatic rings. The molecule has 0 fully saturated rings. The van der Waals surface area contributed by atoms with Crippen molar-refractivity contribution in [2.45, 2.75) is 19.9 Å². The van der Waals surface area contributed by atoms with Crippen LogP contribution < -0.4 is 4.74 Å². The number of H-pyrrole nitrogens is 1. The van der Waals surface area contributed by atoms with E-state index in [1.54, 1.807) is 6.07 Å². The van der Waals surface area contributed by atoms with Gasteiger partial charge in [0, 0.05) is 29.9 Å². The highest BCUT2D eigenvalue weighted by Crippen LogP contribution is 2.31. The second kappa shape index (κ2) is 6.52. The van der Waals surface area contributed by atoms with Crippen LogP contribution in [0.1, 0.15) is 18.9 Å². The SMILES string of the molecule is CCCN(C)Cc1c[nH]nc1-c1ccc(F)cc1OC. The lowest BCUT2D eigenvalue weighted by atomic mass is 10.1. The van der Waals surface area contributed by atoms with Crippen LogP contribution in [0.25, 0.3) is 11.3 Å². The molecule has 2 rings (SSSR count). The van der Waals surface area contributed by atoms with Crippen LogP contribution in [0.5, 0.6) is 5.75 Å². The number of hydrogen-bond donors (Lipinski definition) is 1. The van der Waals surface area contributed by atoms with Crippen molar-refractivity contribution in [3.8, 4) is 17.0 Å². The number of hydrogen-bond acceptors (Lipinski definition) is 3. The Morgan fingerprint density at radius 1 is 1.40 bits per heavy atom. The summed E-state index contributed by atoms with van der Waals surface area (Å²) in [5, 5.41) is 7.17. The molecule has 0 aliphatic rings. The van der Waals surface area contributed by atoms with Gasteiger partial charge in [-0.15, -0.1) is 0 Å². The third-order valence-corrected chi connectivity index (χ3v) is 3.18. The molecule has 0 radical (unpaired) electrons. The predicted molar refractivity (Wildman–Crippen MR) is 77.2 cm³/mol. The number of halogens is 1. The van der Waals surface area contributed by atoms with Crippen LogP contribution in [0.2, 0.25) is 0 Å². The van der Waals surface area contributed by atoms with Crippen LogP contribution in [0, 0.1) is 5.82 Å². The van der Waals surface area contributed by atoms with E-state index in [0.29, 0.717) is 5.75 Å². The van der Waals surface area contributed by atoms with Crippen LogP contribution >= 0.6 is 0 Å². The molecule has 1 heterocycles. The zero-order valence-corrected chi connectivity index (χ0v) is 12.1. The van der Waals surface area contributed by atoms with Crippen molar-refractivity contribution in [3.05, 3.63) is 35.8 Å². The van der Waals surface area contributed by atoms with Crippen molar-refractivity contribution in [1.29, 1.82) is 0 Å². The fraction of sp³-hybridized carbons (Fsp3) is 0.400. The molecule has 108 valence electrons. The summed E-state index contributed by atoms with van der Waals surface area (Å²) in [4.78, 5) is 2.23. The summed E-state index contributed by atoms with van der Waals surface area (Å²) in [7, 11) is 3.61. The molecule has 0 aliphatic carbocycles. The minimum Gasteiger partial charge on any atom is -0.496 e. The van der Waals surface area contributed by atoms with Crippen LogP contribution in [-0.2, 0) is 6.54 Å². The molecule has 4 nitrogen and oxygen atoms in total. The van der Waals surface area contributed by atoms with Crippen molar-refractivity contribution in [1.82, 2.24) is 15.1 Å². The van der Waals surface area contributed by atoms with Crippen molar-refractivity contribution in [2.75, 3.05) is 20.7 Å². The molecule has 0 unspecified atom stereocenters. The lowest BCUT2D eigenvalue weighted by molar-refractivity contribution is 0.328. The van der Waals surface area contributed by atoms with Gasteiger partial charge in [0.1, 0.15) is 17.3 Å². The topological polar surface area (TPSA) is 41.2 Å². The van der Waals surface area contributed by atoms with Gasteiger partial charge >= 0.3 is 0 Å². The fourth-order valence-electron chi connectivity index (χ4n) is 2.28. The number of aromatic amines is 1. The van der Waals surface area contributed by atoms with Gasteiger partial charge in [-0.2, -0.15) is 5.10 Å². The predicted octanol–water partition coefficient (Wildman–Crippen LogP) is 3.07. The molecule has 0 saturated carbocycles. The quantitative estimate of drug-likeness (QED) is 0.882. The average molecular weight is 277 g/mol. The standard InChI is InChI=1S/C15H20FN3O/c1-4-7-19(2)10-11-9-17-18-15(11)13-6-5-12(16)8-14(13)20-3/h5-6,8-9H,4,7,10H2,1-3H3,(H,17,18). The lowest BCUT2D eigenvalue weighted by Crippen LogP contribution is -2.18. The summed E-state index contributed by atoms with van der Waals surface area (Å²) in [6.45, 7) is 3.96. The first-order chi connectivity index (χ1) is 9.65. The summed E-state index contributed by atoms with van der Waals surface area (Å²) in [5.41, 5.74) is 2.69. The van der Waals surface area contributed by atoms with Crippen molar-refractivity contribution in [2.24, 2.45) is 0 Å². The van der Waals surface area contributed by atoms with E-state index in [0.717, 1.165) is 36.3 Å². The molecular weight excluding hydrogens is 257 g/mol. The number of benzene rings is 1. The number of aromatic nitrogens is 2. The summed E-state index contributed by atoms with van der Waals surface area (Å²) in [5.74, 6) is 0.183. The summed E-state index contributed by atoms with van der Waals surface area (Å²) < 4.78 is 18.5. The van der Waals surface area contributed by atoms with Gasteiger partial charge in [0.25, 0.3) is 0 Å². The highest BCUT2D eigenvalue weighted by molar-refractivity contribution is 5.69. The smallest absolute Gasteiger partial charge is 0.131 e. The molecular formula is C15H20FN3O. The van der Waals surface area contributed by atoms with E-state index in [4.69, 9.17) is 4.74 Å². The normalized spacial score (nSPS) is 11.1. The van der Waals surface area contributed by atoms with E-state index in [-0.39, 0.29) is 5.82 Å². The molecule has 0 spiro atoms. The van der Waals surface area contributed by atoms with Gasteiger partial charge in [-0.1, -0.05) is 6.92 Å². The third-order valence-electron chi connectivity index (χ3n) is 3.18. The van der Waals surface area contributed by atoms with Crippen LogP contribution in [0.3, 0.4) is 0 Å². The van der Waals surface area contributed by atoms with Gasteiger partial charge in [-0.25, -0.2) is 4.39 Å². The van der Waals surface area contributed by atoms with Gasteiger partial charge in [0.05, 0.1) is 7.11 Å². The maximum Gasteiger partial charge on any atom is 0.131 e. The molecule has 1 aromatic heterocycles.